The molecule has 6 aromatic rings. The second-order valence-electron chi connectivity index (χ2n) is 16.5. The summed E-state index contributed by atoms with van der Waals surface area (Å²) in [4.78, 5) is 67.7. The number of carbonyl (C=O) groups is 4. The van der Waals surface area contributed by atoms with Gasteiger partial charge < -0.3 is 24.9 Å². The number of nitrogens with one attached hydrogen (secondary N) is 2. The molecule has 1 saturated heterocycles. The lowest BCUT2D eigenvalue weighted by Crippen LogP contribution is -2.71. The number of rotatable bonds is 16. The van der Waals surface area contributed by atoms with Crippen LogP contribution < -0.4 is 10.6 Å². The molecule has 0 unspecified atom stereocenters. The number of esters is 2. The van der Waals surface area contributed by atoms with E-state index in [9.17, 15) is 19.2 Å². The van der Waals surface area contributed by atoms with Gasteiger partial charge in [-0.1, -0.05) is 179 Å². The van der Waals surface area contributed by atoms with Gasteiger partial charge in [-0.3, -0.25) is 14.5 Å². The quantitative estimate of drug-likeness (QED) is 0.0111. The number of aromatic nitrogens is 1. The van der Waals surface area contributed by atoms with Crippen LogP contribution in [0.2, 0.25) is 0 Å². The van der Waals surface area contributed by atoms with Crippen LogP contribution in [0.3, 0.4) is 0 Å². The van der Waals surface area contributed by atoms with Crippen LogP contribution in [0, 0.1) is 0 Å². The Bertz CT molecular complexity index is 2680. The number of β-lactam (4-membered cyclic amide) rings is 1. The highest BCUT2D eigenvalue weighted by Gasteiger charge is 2.55. The molecule has 1 aromatic heterocycles. The summed E-state index contributed by atoms with van der Waals surface area (Å²) in [5.74, 6) is -2.89. The molecular weight excluding hydrogens is 998 g/mol. The number of benzene rings is 5. The minimum absolute atomic E-state index is 0.0919. The summed E-state index contributed by atoms with van der Waals surface area (Å²) >= 11 is 4.83. The van der Waals surface area contributed by atoms with Crippen LogP contribution in [0.1, 0.15) is 60.4 Å². The fourth-order valence-corrected chi connectivity index (χ4v) is 10.9. The van der Waals surface area contributed by atoms with Crippen molar-refractivity contribution in [2.75, 3.05) is 15.5 Å². The van der Waals surface area contributed by atoms with Gasteiger partial charge in [0.25, 0.3) is 11.8 Å². The number of hydrogen-bond donors (Lipinski definition) is 2. The Labute approximate surface area is 410 Å². The van der Waals surface area contributed by atoms with Crippen LogP contribution >= 0.6 is 45.7 Å². The smallest absolute Gasteiger partial charge is 0.376 e. The molecule has 67 heavy (non-hydrogen) atoms. The van der Waals surface area contributed by atoms with Gasteiger partial charge in [-0.25, -0.2) is 14.6 Å². The predicted octanol–water partition coefficient (Wildman–Crippen LogP) is 9.54. The maximum atomic E-state index is 14.5. The molecule has 0 bridgehead atoms. The molecule has 3 heterocycles. The maximum absolute atomic E-state index is 14.5. The number of halogens is 1. The molecule has 2 atom stereocenters. The molecule has 2 N–H and O–H groups in total. The van der Waals surface area contributed by atoms with E-state index in [1.54, 1.807) is 26.2 Å². The van der Waals surface area contributed by atoms with E-state index < -0.39 is 58.2 Å². The Morgan fingerprint density at radius 3 is 1.82 bits per heavy atom. The maximum Gasteiger partial charge on any atom is 0.376 e. The SMILES string of the molecule is C=C(O/N=C(\C(=O)N[C@@H]1C(=O)N2C(C(=O)OC(c3ccccc3)c3ccccc3)=C(CI)CS[C@H]12)c1csc(NC(c2ccccc2)(c2ccccc2)c2ccccc2)n1)C(=O)OC(C)(C)C. The summed E-state index contributed by atoms with van der Waals surface area (Å²) < 4.78 is 12.1. The van der Waals surface area contributed by atoms with Crippen molar-refractivity contribution in [3.63, 3.8) is 0 Å². The number of oxime groups is 1. The van der Waals surface area contributed by atoms with E-state index in [2.05, 4.69) is 45.0 Å². The van der Waals surface area contributed by atoms with E-state index in [1.807, 2.05) is 152 Å². The molecule has 2 amide bonds. The number of ether oxygens (including phenoxy) is 2. The van der Waals surface area contributed by atoms with E-state index in [-0.39, 0.29) is 17.1 Å². The zero-order valence-corrected chi connectivity index (χ0v) is 40.5. The molecule has 12 nitrogen and oxygen atoms in total. The van der Waals surface area contributed by atoms with Gasteiger partial charge in [-0.05, 0) is 60.7 Å². The zero-order valence-electron chi connectivity index (χ0n) is 36.8. The summed E-state index contributed by atoms with van der Waals surface area (Å²) in [6, 6.07) is 47.7. The largest absolute Gasteiger partial charge is 0.454 e. The van der Waals surface area contributed by atoms with Crippen molar-refractivity contribution in [3.05, 3.63) is 214 Å². The topological polar surface area (TPSA) is 149 Å². The van der Waals surface area contributed by atoms with E-state index in [0.717, 1.165) is 33.4 Å². The number of thioether (sulfide) groups is 1. The van der Waals surface area contributed by atoms with Crippen LogP contribution in [-0.2, 0) is 39.0 Å². The van der Waals surface area contributed by atoms with Gasteiger partial charge in [0.1, 0.15) is 33.9 Å². The molecule has 0 spiro atoms. The first-order valence-electron chi connectivity index (χ1n) is 21.3. The minimum Gasteiger partial charge on any atom is -0.454 e. The van der Waals surface area contributed by atoms with Crippen LogP contribution in [0.25, 0.3) is 0 Å². The number of fused-ring (bicyclic) bond motifs is 1. The number of carbonyl (C=O) groups excluding carboxylic acids is 4. The summed E-state index contributed by atoms with van der Waals surface area (Å²) in [6.45, 7) is 8.78. The first-order chi connectivity index (χ1) is 32.4. The van der Waals surface area contributed by atoms with Crippen molar-refractivity contribution < 1.29 is 33.5 Å². The second-order valence-corrected chi connectivity index (χ2v) is 19.2. The average Bonchev–Trinajstić information content (AvgIpc) is 3.82. The molecule has 0 saturated carbocycles. The third-order valence-electron chi connectivity index (χ3n) is 10.9. The van der Waals surface area contributed by atoms with Crippen molar-refractivity contribution in [1.29, 1.82) is 0 Å². The third-order valence-corrected chi connectivity index (χ3v) is 13.9. The van der Waals surface area contributed by atoms with Crippen LogP contribution in [-0.4, -0.2) is 66.5 Å². The highest BCUT2D eigenvalue weighted by molar-refractivity contribution is 14.1. The average molecular weight is 1040 g/mol. The molecule has 5 aromatic carbocycles. The minimum atomic E-state index is -1.06. The Kier molecular flexibility index (Phi) is 14.4. The van der Waals surface area contributed by atoms with Gasteiger partial charge in [-0.15, -0.1) is 23.1 Å². The standard InChI is InChI=1S/C52H46IN5O7S2/c1-33(48(61)64-51(2,3)4)65-57-41(40-32-67-50(54-40)56-52(37-24-14-7-15-25-37,38-26-16-8-17-27-38)39-28-18-9-19-29-39)45(59)55-42-46(60)58-43(36(30-53)31-66-47(42)58)49(62)63-44(34-20-10-5-11-21-34)35-22-12-6-13-23-35/h5-29,32,42,44,47H,1,30-31H2,2-4H3,(H,54,56)(H,55,59)/b57-41-/t42-,47-/m1/s1. The molecule has 8 rings (SSSR count). The lowest BCUT2D eigenvalue weighted by molar-refractivity contribution is -0.154. The van der Waals surface area contributed by atoms with Crippen molar-refractivity contribution in [2.24, 2.45) is 5.16 Å². The van der Waals surface area contributed by atoms with E-state index in [1.165, 1.54) is 28.0 Å². The number of hydrogen-bond acceptors (Lipinski definition) is 12. The van der Waals surface area contributed by atoms with Crippen molar-refractivity contribution in [2.45, 2.75) is 49.4 Å². The monoisotopic (exact) mass is 1040 g/mol. The van der Waals surface area contributed by atoms with Crippen LogP contribution in [0.5, 0.6) is 0 Å². The molecule has 1 fully saturated rings. The molecule has 15 heteroatoms. The summed E-state index contributed by atoms with van der Waals surface area (Å²) in [6.07, 6.45) is -0.734. The Morgan fingerprint density at radius 2 is 1.33 bits per heavy atom. The van der Waals surface area contributed by atoms with Crippen molar-refractivity contribution in [1.82, 2.24) is 15.2 Å². The summed E-state index contributed by atoms with van der Waals surface area (Å²) in [7, 11) is 0. The van der Waals surface area contributed by atoms with Crippen LogP contribution in [0.15, 0.2) is 186 Å². The fourth-order valence-electron chi connectivity index (χ4n) is 7.79. The van der Waals surface area contributed by atoms with Gasteiger partial charge in [0.05, 0.1) is 0 Å². The number of anilines is 1. The van der Waals surface area contributed by atoms with Gasteiger partial charge in [0, 0.05) is 15.6 Å². The number of amides is 2. The van der Waals surface area contributed by atoms with Gasteiger partial charge in [0.15, 0.2) is 16.9 Å². The van der Waals surface area contributed by atoms with Gasteiger partial charge in [-0.2, -0.15) is 0 Å². The van der Waals surface area contributed by atoms with E-state index >= 15 is 0 Å². The number of thiazole rings is 1. The van der Waals surface area contributed by atoms with Gasteiger partial charge in [0.2, 0.25) is 5.76 Å². The Hall–Kier alpha value is -6.56. The predicted molar refractivity (Wildman–Crippen MR) is 269 cm³/mol. The van der Waals surface area contributed by atoms with Crippen LogP contribution in [0.4, 0.5) is 5.13 Å². The van der Waals surface area contributed by atoms with Crippen molar-refractivity contribution in [3.8, 4) is 0 Å². The molecule has 2 aliphatic rings. The molecule has 340 valence electrons. The third kappa shape index (κ3) is 10.2. The molecule has 0 radical (unpaired) electrons. The number of nitrogens with zero attached hydrogens (tertiary/aromatic N) is 3. The van der Waals surface area contributed by atoms with E-state index in [0.29, 0.717) is 15.3 Å². The van der Waals surface area contributed by atoms with E-state index in [4.69, 9.17) is 19.3 Å². The summed E-state index contributed by atoms with van der Waals surface area (Å²) in [5.41, 5.74) is 3.21. The fraction of sp³-hybridized carbons (Fsp3) is 0.192. The second kappa shape index (κ2) is 20.5. The Morgan fingerprint density at radius 1 is 0.821 bits per heavy atom. The highest BCUT2D eigenvalue weighted by Crippen LogP contribution is 2.43. The molecule has 2 aliphatic heterocycles. The van der Waals surface area contributed by atoms with Crippen molar-refractivity contribution >= 4 is 80.3 Å². The highest BCUT2D eigenvalue weighted by atomic mass is 127. The van der Waals surface area contributed by atoms with Gasteiger partial charge >= 0.3 is 11.9 Å². The number of alkyl halides is 1. The zero-order chi connectivity index (χ0) is 47.1. The Balaban J connectivity index is 1.09. The first kappa shape index (κ1) is 47.0. The summed E-state index contributed by atoms with van der Waals surface area (Å²) in [5, 5.41) is 12.1. The lowest BCUT2D eigenvalue weighted by Gasteiger charge is -2.49. The molecule has 0 aliphatic carbocycles. The first-order valence-corrected chi connectivity index (χ1v) is 24.8. The lowest BCUT2D eigenvalue weighted by atomic mass is 9.77. The normalized spacial score (nSPS) is 16.1. The molecular formula is C52H46IN5O7S2.